The molecule has 0 saturated carbocycles. The van der Waals surface area contributed by atoms with Gasteiger partial charge in [-0.1, -0.05) is 30.3 Å². The van der Waals surface area contributed by atoms with Gasteiger partial charge in [-0.25, -0.2) is 0 Å². The number of fused-ring (bicyclic) bond motifs is 1. The van der Waals surface area contributed by atoms with Gasteiger partial charge in [0, 0.05) is 36.1 Å². The van der Waals surface area contributed by atoms with E-state index in [0.717, 1.165) is 11.6 Å². The maximum absolute atomic E-state index is 12.8. The lowest BCUT2D eigenvalue weighted by Gasteiger charge is -2.16. The van der Waals surface area contributed by atoms with Gasteiger partial charge >= 0.3 is 6.18 Å². The largest absolute Gasteiger partial charge is 0.431 e. The molecule has 2 heterocycles. The van der Waals surface area contributed by atoms with E-state index in [9.17, 15) is 22.8 Å². The number of nitrogens with one attached hydrogen (secondary N) is 2. The van der Waals surface area contributed by atoms with Crippen molar-refractivity contribution in [3.63, 3.8) is 0 Å². The zero-order valence-electron chi connectivity index (χ0n) is 15.3. The van der Waals surface area contributed by atoms with Gasteiger partial charge in [-0.2, -0.15) is 13.2 Å². The lowest BCUT2D eigenvalue weighted by Crippen LogP contribution is -2.28. The summed E-state index contributed by atoms with van der Waals surface area (Å²) in [5.41, 5.74) is 0.874. The number of aromatic amines is 1. The van der Waals surface area contributed by atoms with Gasteiger partial charge in [-0.05, 0) is 29.8 Å². The van der Waals surface area contributed by atoms with Gasteiger partial charge in [-0.15, -0.1) is 0 Å². The van der Waals surface area contributed by atoms with E-state index in [4.69, 9.17) is 0 Å². The van der Waals surface area contributed by atoms with E-state index in [-0.39, 0.29) is 18.2 Å². The summed E-state index contributed by atoms with van der Waals surface area (Å²) < 4.78 is 38.5. The lowest BCUT2D eigenvalue weighted by atomic mass is 10.1. The molecule has 29 heavy (non-hydrogen) atoms. The van der Waals surface area contributed by atoms with E-state index in [0.29, 0.717) is 29.7 Å². The number of nitrogens with zero attached hydrogens (tertiary/aromatic N) is 1. The number of alkyl halides is 3. The molecule has 5 nitrogen and oxygen atoms in total. The smallest absolute Gasteiger partial charge is 0.351 e. The predicted octanol–water partition coefficient (Wildman–Crippen LogP) is 4.17. The second kappa shape index (κ2) is 7.27. The van der Waals surface area contributed by atoms with Gasteiger partial charge in [0.2, 0.25) is 11.8 Å². The molecule has 0 spiro atoms. The van der Waals surface area contributed by atoms with E-state index in [2.05, 4.69) is 10.3 Å². The summed E-state index contributed by atoms with van der Waals surface area (Å²) in [4.78, 5) is 28.8. The van der Waals surface area contributed by atoms with Crippen LogP contribution in [0.15, 0.2) is 54.6 Å². The van der Waals surface area contributed by atoms with Gasteiger partial charge in [-0.3, -0.25) is 9.59 Å². The Morgan fingerprint density at radius 3 is 2.62 bits per heavy atom. The number of halogens is 3. The first-order chi connectivity index (χ1) is 13.8. The van der Waals surface area contributed by atoms with Crippen molar-refractivity contribution in [2.45, 2.75) is 19.1 Å². The fraction of sp³-hybridized carbons (Fsp3) is 0.238. The van der Waals surface area contributed by atoms with Crippen LogP contribution in [0.4, 0.5) is 18.9 Å². The highest BCUT2D eigenvalue weighted by atomic mass is 19.4. The van der Waals surface area contributed by atoms with E-state index in [1.807, 2.05) is 30.3 Å². The van der Waals surface area contributed by atoms with Crippen molar-refractivity contribution < 1.29 is 22.8 Å². The SMILES string of the molecule is O=C(Nc1ccc2[nH]c(C(F)(F)F)cc2c1)C1CC(=O)N(Cc2ccccc2)C1. The summed E-state index contributed by atoms with van der Waals surface area (Å²) >= 11 is 0. The van der Waals surface area contributed by atoms with Gasteiger partial charge in [0.1, 0.15) is 5.69 Å². The Hall–Kier alpha value is -3.29. The number of H-pyrrole nitrogens is 1. The van der Waals surface area contributed by atoms with Crippen LogP contribution in [-0.2, 0) is 22.3 Å². The molecule has 0 aliphatic carbocycles. The van der Waals surface area contributed by atoms with Crippen LogP contribution in [0.5, 0.6) is 0 Å². The van der Waals surface area contributed by atoms with Crippen LogP contribution in [0, 0.1) is 5.92 Å². The van der Waals surface area contributed by atoms with E-state index >= 15 is 0 Å². The second-order valence-corrected chi connectivity index (χ2v) is 7.13. The molecular formula is C21H18F3N3O2. The van der Waals surface area contributed by atoms with E-state index in [1.165, 1.54) is 18.2 Å². The Bertz CT molecular complexity index is 1060. The molecule has 0 bridgehead atoms. The molecule has 3 aromatic rings. The van der Waals surface area contributed by atoms with Crippen LogP contribution in [0.25, 0.3) is 10.9 Å². The van der Waals surface area contributed by atoms with Crippen LogP contribution in [0.1, 0.15) is 17.7 Å². The minimum atomic E-state index is -4.46. The third-order valence-corrected chi connectivity index (χ3v) is 5.00. The Morgan fingerprint density at radius 1 is 1.14 bits per heavy atom. The molecule has 1 aromatic heterocycles. The molecule has 1 aliphatic rings. The second-order valence-electron chi connectivity index (χ2n) is 7.13. The van der Waals surface area contributed by atoms with Crippen molar-refractivity contribution in [2.75, 3.05) is 11.9 Å². The van der Waals surface area contributed by atoms with E-state index in [1.54, 1.807) is 4.90 Å². The number of benzene rings is 2. The fourth-order valence-electron chi connectivity index (χ4n) is 3.51. The number of hydrogen-bond donors (Lipinski definition) is 2. The molecule has 2 N–H and O–H groups in total. The number of rotatable bonds is 4. The molecule has 0 radical (unpaired) electrons. The first kappa shape index (κ1) is 19.0. The van der Waals surface area contributed by atoms with Crippen LogP contribution in [0.2, 0.25) is 0 Å². The predicted molar refractivity (Wildman–Crippen MR) is 102 cm³/mol. The molecule has 1 saturated heterocycles. The van der Waals surface area contributed by atoms with Crippen molar-refractivity contribution in [1.82, 2.24) is 9.88 Å². The highest BCUT2D eigenvalue weighted by molar-refractivity contribution is 5.98. The molecule has 2 aromatic carbocycles. The third kappa shape index (κ3) is 4.11. The van der Waals surface area contributed by atoms with Crippen molar-refractivity contribution in [3.8, 4) is 0 Å². The summed E-state index contributed by atoms with van der Waals surface area (Å²) in [6.45, 7) is 0.753. The number of carbonyl (C=O) groups excluding carboxylic acids is 2. The minimum absolute atomic E-state index is 0.0927. The highest BCUT2D eigenvalue weighted by Crippen LogP contribution is 2.32. The maximum Gasteiger partial charge on any atom is 0.431 e. The van der Waals surface area contributed by atoms with E-state index < -0.39 is 17.8 Å². The first-order valence-electron chi connectivity index (χ1n) is 9.12. The molecule has 1 atom stereocenters. The fourth-order valence-corrected chi connectivity index (χ4v) is 3.51. The van der Waals surface area contributed by atoms with Crippen molar-refractivity contribution in [1.29, 1.82) is 0 Å². The quantitative estimate of drug-likeness (QED) is 0.689. The summed E-state index contributed by atoms with van der Waals surface area (Å²) in [6, 6.07) is 15.0. The molecule has 4 rings (SSSR count). The summed E-state index contributed by atoms with van der Waals surface area (Å²) in [7, 11) is 0. The number of likely N-dealkylation sites (tertiary alicyclic amines) is 1. The number of hydrogen-bond acceptors (Lipinski definition) is 2. The third-order valence-electron chi connectivity index (χ3n) is 5.00. The lowest BCUT2D eigenvalue weighted by molar-refractivity contribution is -0.140. The Labute approximate surface area is 164 Å². The molecule has 1 unspecified atom stereocenters. The number of carbonyl (C=O) groups is 2. The van der Waals surface area contributed by atoms with Crippen LogP contribution in [0.3, 0.4) is 0 Å². The molecule has 150 valence electrons. The van der Waals surface area contributed by atoms with Gasteiger partial charge < -0.3 is 15.2 Å². The number of aromatic nitrogens is 1. The molecule has 8 heteroatoms. The van der Waals surface area contributed by atoms with Crippen LogP contribution in [-0.4, -0.2) is 28.2 Å². The average molecular weight is 401 g/mol. The summed E-state index contributed by atoms with van der Waals surface area (Å²) in [5.74, 6) is -0.913. The van der Waals surface area contributed by atoms with Crippen molar-refractivity contribution >= 4 is 28.4 Å². The molecule has 1 fully saturated rings. The Morgan fingerprint density at radius 2 is 1.90 bits per heavy atom. The summed E-state index contributed by atoms with van der Waals surface area (Å²) in [5, 5.41) is 3.07. The zero-order valence-corrected chi connectivity index (χ0v) is 15.3. The van der Waals surface area contributed by atoms with Gasteiger partial charge in [0.25, 0.3) is 0 Å². The Balaban J connectivity index is 1.43. The highest BCUT2D eigenvalue weighted by Gasteiger charge is 2.35. The maximum atomic E-state index is 12.8. The van der Waals surface area contributed by atoms with Gasteiger partial charge in [0.15, 0.2) is 0 Å². The standard InChI is InChI=1S/C21H18F3N3O2/c22-21(23,24)18-9-14-8-16(6-7-17(14)26-18)25-20(29)15-10-19(28)27(12-15)11-13-4-2-1-3-5-13/h1-9,15,26H,10-12H2,(H,25,29). The summed E-state index contributed by atoms with van der Waals surface area (Å²) in [6.07, 6.45) is -4.35. The van der Waals surface area contributed by atoms with Crippen molar-refractivity contribution in [2.24, 2.45) is 5.92 Å². The first-order valence-corrected chi connectivity index (χ1v) is 9.12. The van der Waals surface area contributed by atoms with Gasteiger partial charge in [0.05, 0.1) is 5.92 Å². The molecular weight excluding hydrogens is 383 g/mol. The normalized spacial score (nSPS) is 17.1. The molecule has 2 amide bonds. The average Bonchev–Trinajstić information content (AvgIpc) is 3.26. The molecule has 1 aliphatic heterocycles. The number of anilines is 1. The minimum Gasteiger partial charge on any atom is -0.351 e. The van der Waals surface area contributed by atoms with Crippen molar-refractivity contribution in [3.05, 3.63) is 65.9 Å². The monoisotopic (exact) mass is 401 g/mol. The Kier molecular flexibility index (Phi) is 4.77. The van der Waals surface area contributed by atoms with Crippen LogP contribution < -0.4 is 5.32 Å². The number of amides is 2. The topological polar surface area (TPSA) is 65.2 Å². The zero-order chi connectivity index (χ0) is 20.6. The van der Waals surface area contributed by atoms with Crippen LogP contribution >= 0.6 is 0 Å².